The van der Waals surface area contributed by atoms with Crippen LogP contribution in [0.4, 0.5) is 4.39 Å². The third-order valence-corrected chi connectivity index (χ3v) is 5.17. The maximum absolute atomic E-state index is 13.1. The number of ether oxygens (including phenoxy) is 1. The fourth-order valence-corrected chi connectivity index (χ4v) is 3.96. The Morgan fingerprint density at radius 3 is 2.75 bits per heavy atom. The van der Waals surface area contributed by atoms with Crippen molar-refractivity contribution in [2.24, 2.45) is 0 Å². The molecule has 1 saturated carbocycles. The third kappa shape index (κ3) is 1.87. The van der Waals surface area contributed by atoms with E-state index in [9.17, 15) is 4.39 Å². The largest absolute Gasteiger partial charge is 0.344 e. The fraction of sp³-hybridized carbons (Fsp3) is 0.316. The second-order valence-corrected chi connectivity index (χ2v) is 6.19. The van der Waals surface area contributed by atoms with Crippen molar-refractivity contribution < 1.29 is 9.13 Å². The second kappa shape index (κ2) is 5.23. The molecule has 3 aliphatic rings. The van der Waals surface area contributed by atoms with Gasteiger partial charge in [0.05, 0.1) is 17.6 Å². The Kier molecular flexibility index (Phi) is 3.38. The zero-order chi connectivity index (χ0) is 16.9. The van der Waals surface area contributed by atoms with Gasteiger partial charge in [0.2, 0.25) is 0 Å². The van der Waals surface area contributed by atoms with Gasteiger partial charge in [0.25, 0.3) is 0 Å². The molecule has 2 aromatic rings. The van der Waals surface area contributed by atoms with Gasteiger partial charge in [-0.25, -0.2) is 9.07 Å². The van der Waals surface area contributed by atoms with Crippen molar-refractivity contribution in [3.05, 3.63) is 53.1 Å². The van der Waals surface area contributed by atoms with Gasteiger partial charge in [-0.15, -0.1) is 6.42 Å². The molecule has 2 fully saturated rings. The Labute approximate surface area is 145 Å². The van der Waals surface area contributed by atoms with E-state index in [0.29, 0.717) is 0 Å². The van der Waals surface area contributed by atoms with Gasteiger partial charge in [0, 0.05) is 12.0 Å². The number of thiol groups is 1. The number of rotatable bonds is 1. The molecule has 1 aromatic carbocycles. The summed E-state index contributed by atoms with van der Waals surface area (Å²) in [7, 11) is 0. The van der Waals surface area contributed by atoms with Crippen LogP contribution in [0.2, 0.25) is 0 Å². The molecule has 1 aliphatic heterocycles. The lowest BCUT2D eigenvalue weighted by Crippen LogP contribution is -2.25. The van der Waals surface area contributed by atoms with E-state index in [0.717, 1.165) is 36.2 Å². The number of aromatic nitrogens is 2. The first-order valence-electron chi connectivity index (χ1n) is 7.84. The summed E-state index contributed by atoms with van der Waals surface area (Å²) in [5, 5.41) is 4.47. The molecule has 0 amide bonds. The summed E-state index contributed by atoms with van der Waals surface area (Å²) in [6, 6.07) is 6.37. The zero-order valence-electron chi connectivity index (χ0n) is 13.3. The minimum absolute atomic E-state index is 0.247. The number of hydrogen-bond acceptors (Lipinski definition) is 3. The van der Waals surface area contributed by atoms with E-state index in [1.165, 1.54) is 17.7 Å². The van der Waals surface area contributed by atoms with Gasteiger partial charge >= 0.3 is 0 Å². The topological polar surface area (TPSA) is 30.4 Å². The van der Waals surface area contributed by atoms with Crippen LogP contribution in [0.15, 0.2) is 36.0 Å². The van der Waals surface area contributed by atoms with Crippen molar-refractivity contribution in [2.45, 2.75) is 30.5 Å². The summed E-state index contributed by atoms with van der Waals surface area (Å²) >= 11 is 3.53. The van der Waals surface area contributed by atoms with Crippen LogP contribution in [0.3, 0.4) is 0 Å². The van der Waals surface area contributed by atoms with Crippen LogP contribution < -0.4 is 0 Å². The molecular formula is C19H17FN2OS. The van der Waals surface area contributed by atoms with Crippen molar-refractivity contribution in [3.63, 3.8) is 0 Å². The van der Waals surface area contributed by atoms with E-state index >= 15 is 0 Å². The molecule has 0 N–H and O–H groups in total. The molecule has 0 radical (unpaired) electrons. The molecule has 3 nitrogen and oxygen atoms in total. The maximum atomic E-state index is 13.1. The Morgan fingerprint density at radius 1 is 1.33 bits per heavy atom. The number of epoxide rings is 1. The van der Waals surface area contributed by atoms with Crippen LogP contribution >= 0.6 is 12.6 Å². The van der Waals surface area contributed by atoms with E-state index in [1.54, 1.807) is 18.4 Å². The predicted octanol–water partition coefficient (Wildman–Crippen LogP) is 3.43. The first-order valence-corrected chi connectivity index (χ1v) is 8.73. The molecule has 5 rings (SSSR count). The molecule has 1 saturated heterocycles. The summed E-state index contributed by atoms with van der Waals surface area (Å²) in [5.74, 6) is 2.60. The second-order valence-electron chi connectivity index (χ2n) is 6.19. The third-order valence-electron chi connectivity index (χ3n) is 5.17. The summed E-state index contributed by atoms with van der Waals surface area (Å²) < 4.78 is 20.9. The van der Waals surface area contributed by atoms with Crippen LogP contribution in [0.1, 0.15) is 24.1 Å². The summed E-state index contributed by atoms with van der Waals surface area (Å²) in [4.78, 5) is 0. The highest BCUT2D eigenvalue weighted by atomic mass is 32.1. The van der Waals surface area contributed by atoms with Gasteiger partial charge < -0.3 is 4.74 Å². The molecule has 2 unspecified atom stereocenters. The molecule has 2 heterocycles. The van der Waals surface area contributed by atoms with Gasteiger partial charge in [-0.05, 0) is 55.0 Å². The number of fused-ring (bicyclic) bond motifs is 1. The highest BCUT2D eigenvalue weighted by molar-refractivity contribution is 7.79. The number of hydrogen-bond donors (Lipinski definition) is 1. The molecule has 122 valence electrons. The van der Waals surface area contributed by atoms with Gasteiger partial charge in [0.1, 0.15) is 11.4 Å². The Bertz CT molecular complexity index is 880. The smallest absolute Gasteiger partial charge is 0.163 e. The lowest BCUT2D eigenvalue weighted by molar-refractivity contribution is 0.271. The summed E-state index contributed by atoms with van der Waals surface area (Å²) in [6.45, 7) is 0. The Balaban J connectivity index is 0.000000704. The molecule has 1 aromatic heterocycles. The van der Waals surface area contributed by atoms with Crippen molar-refractivity contribution in [1.29, 1.82) is 0 Å². The minimum Gasteiger partial charge on any atom is -0.344 e. The van der Waals surface area contributed by atoms with Crippen LogP contribution in [-0.4, -0.2) is 27.2 Å². The predicted molar refractivity (Wildman–Crippen MR) is 94.7 cm³/mol. The van der Waals surface area contributed by atoms with E-state index in [1.807, 2.05) is 10.9 Å². The summed E-state index contributed by atoms with van der Waals surface area (Å²) in [6.07, 6.45) is 14.0. The Hall–Kier alpha value is -2.03. The van der Waals surface area contributed by atoms with E-state index in [4.69, 9.17) is 11.2 Å². The van der Waals surface area contributed by atoms with Crippen LogP contribution in [0.5, 0.6) is 0 Å². The average Bonchev–Trinajstić information content (AvgIpc) is 2.91. The molecule has 2 atom stereocenters. The first kappa shape index (κ1) is 15.5. The van der Waals surface area contributed by atoms with Gasteiger partial charge in [0.15, 0.2) is 5.60 Å². The quantitative estimate of drug-likeness (QED) is 0.490. The van der Waals surface area contributed by atoms with Crippen LogP contribution in [0, 0.1) is 18.2 Å². The number of halogens is 1. The molecule has 0 bridgehead atoms. The lowest BCUT2D eigenvalue weighted by Gasteiger charge is -2.19. The highest BCUT2D eigenvalue weighted by Crippen LogP contribution is 2.65. The zero-order valence-corrected chi connectivity index (χ0v) is 14.2. The molecule has 5 heteroatoms. The van der Waals surface area contributed by atoms with Gasteiger partial charge in [-0.3, -0.25) is 0 Å². The van der Waals surface area contributed by atoms with Crippen molar-refractivity contribution in [2.75, 3.05) is 6.26 Å². The van der Waals surface area contributed by atoms with Crippen molar-refractivity contribution in [1.82, 2.24) is 9.78 Å². The van der Waals surface area contributed by atoms with Gasteiger partial charge in [-0.1, -0.05) is 5.92 Å². The van der Waals surface area contributed by atoms with Gasteiger partial charge in [-0.2, -0.15) is 17.7 Å². The Morgan fingerprint density at radius 2 is 2.08 bits per heavy atom. The highest BCUT2D eigenvalue weighted by Gasteiger charge is 2.75. The lowest BCUT2D eigenvalue weighted by atomic mass is 9.83. The van der Waals surface area contributed by atoms with E-state index in [2.05, 4.69) is 29.7 Å². The average molecular weight is 340 g/mol. The standard InChI is InChI=1S/C18H13FN2O.CH4S/c1-2-17-8-7-13-9-16-12(10-18(13,17)22-17)11-20-21(16)15-5-3-14(19)4-6-15;1-2/h1,3-6,9,11H,7-8,10H2;2H,1H3. The van der Waals surface area contributed by atoms with E-state index < -0.39 is 5.60 Å². The molecule has 2 aliphatic carbocycles. The SMILES string of the molecule is C#CC12CCC3=Cc4c(cnn4-c4ccc(F)cc4)CC31O2.CS. The monoisotopic (exact) mass is 340 g/mol. The number of benzene rings is 1. The molecular weight excluding hydrogens is 323 g/mol. The molecule has 24 heavy (non-hydrogen) atoms. The first-order chi connectivity index (χ1) is 11.7. The maximum Gasteiger partial charge on any atom is 0.163 e. The number of nitrogens with zero attached hydrogens (tertiary/aromatic N) is 2. The molecule has 1 spiro atoms. The van der Waals surface area contributed by atoms with Crippen molar-refractivity contribution in [3.8, 4) is 18.0 Å². The van der Waals surface area contributed by atoms with E-state index in [-0.39, 0.29) is 11.4 Å². The summed E-state index contributed by atoms with van der Waals surface area (Å²) in [5.41, 5.74) is 3.62. The minimum atomic E-state index is -0.394. The van der Waals surface area contributed by atoms with Crippen LogP contribution in [-0.2, 0) is 11.2 Å². The van der Waals surface area contributed by atoms with Crippen molar-refractivity contribution >= 4 is 18.7 Å². The number of terminal acetylenes is 1. The normalized spacial score (nSPS) is 28.5. The fourth-order valence-electron chi connectivity index (χ4n) is 3.96. The van der Waals surface area contributed by atoms with Crippen LogP contribution in [0.25, 0.3) is 11.8 Å².